The van der Waals surface area contributed by atoms with Crippen LogP contribution in [0.4, 0.5) is 13.2 Å². The standard InChI is InChI=1S/C19H21F3N4O.ClH/c1-25-11-15(9-24-25)13-2-4-14(5-3-13)16-6-17(16)26(10-12-7-23-8-12)18(27)19(20,21)22;/h2-5,9,11-12,16-17,23H,6-8,10H2,1H3;1H. The van der Waals surface area contributed by atoms with Crippen molar-refractivity contribution in [2.45, 2.75) is 24.6 Å². The fourth-order valence-corrected chi connectivity index (χ4v) is 3.66. The van der Waals surface area contributed by atoms with Crippen LogP contribution in [0, 0.1) is 5.92 Å². The number of carbonyl (C=O) groups is 1. The van der Waals surface area contributed by atoms with Gasteiger partial charge in [0.15, 0.2) is 0 Å². The number of rotatable bonds is 5. The predicted octanol–water partition coefficient (Wildman–Crippen LogP) is 2.98. The summed E-state index contributed by atoms with van der Waals surface area (Å²) in [7, 11) is 1.84. The molecule has 0 radical (unpaired) electrons. The van der Waals surface area contributed by atoms with Crippen LogP contribution >= 0.6 is 12.4 Å². The first-order valence-electron chi connectivity index (χ1n) is 9.00. The summed E-state index contributed by atoms with van der Waals surface area (Å²) in [5.41, 5.74) is 2.97. The van der Waals surface area contributed by atoms with Gasteiger partial charge in [-0.25, -0.2) is 0 Å². The summed E-state index contributed by atoms with van der Waals surface area (Å²) in [6.07, 6.45) is -0.570. The molecule has 1 amide bonds. The fourth-order valence-electron chi connectivity index (χ4n) is 3.66. The van der Waals surface area contributed by atoms with Gasteiger partial charge < -0.3 is 10.2 Å². The quantitative estimate of drug-likeness (QED) is 0.818. The van der Waals surface area contributed by atoms with E-state index in [1.807, 2.05) is 37.5 Å². The lowest BCUT2D eigenvalue weighted by Gasteiger charge is -2.34. The Labute approximate surface area is 167 Å². The van der Waals surface area contributed by atoms with Gasteiger partial charge in [-0.3, -0.25) is 9.48 Å². The lowest BCUT2D eigenvalue weighted by atomic mass is 10.0. The van der Waals surface area contributed by atoms with Crippen LogP contribution in [0.1, 0.15) is 17.9 Å². The van der Waals surface area contributed by atoms with Gasteiger partial charge >= 0.3 is 12.1 Å². The van der Waals surface area contributed by atoms with Gasteiger partial charge in [0.05, 0.1) is 6.20 Å². The normalized spacial score (nSPS) is 21.6. The molecular weight excluding hydrogens is 393 g/mol. The zero-order chi connectivity index (χ0) is 19.2. The first kappa shape index (κ1) is 20.7. The van der Waals surface area contributed by atoms with Crippen LogP contribution in [0.5, 0.6) is 0 Å². The molecule has 5 nitrogen and oxygen atoms in total. The highest BCUT2D eigenvalue weighted by Crippen LogP contribution is 2.46. The maximum atomic E-state index is 13.0. The summed E-state index contributed by atoms with van der Waals surface area (Å²) < 4.78 is 40.8. The van der Waals surface area contributed by atoms with E-state index in [1.165, 1.54) is 0 Å². The van der Waals surface area contributed by atoms with Gasteiger partial charge in [-0.05, 0) is 17.5 Å². The summed E-state index contributed by atoms with van der Waals surface area (Å²) in [5.74, 6) is -1.65. The minimum absolute atomic E-state index is 0. The Morgan fingerprint density at radius 2 is 1.93 bits per heavy atom. The topological polar surface area (TPSA) is 50.2 Å². The molecule has 1 saturated heterocycles. The molecule has 9 heteroatoms. The smallest absolute Gasteiger partial charge is 0.331 e. The number of hydrogen-bond donors (Lipinski definition) is 1. The van der Waals surface area contributed by atoms with Gasteiger partial charge in [0, 0.05) is 56.3 Å². The third-order valence-electron chi connectivity index (χ3n) is 5.36. The first-order valence-corrected chi connectivity index (χ1v) is 9.00. The Morgan fingerprint density at radius 1 is 1.25 bits per heavy atom. The average molecular weight is 415 g/mol. The van der Waals surface area contributed by atoms with Crippen molar-refractivity contribution in [3.8, 4) is 11.1 Å². The predicted molar refractivity (Wildman–Crippen MR) is 101 cm³/mol. The van der Waals surface area contributed by atoms with Crippen LogP contribution in [0.3, 0.4) is 0 Å². The molecule has 2 unspecified atom stereocenters. The van der Waals surface area contributed by atoms with Crippen molar-refractivity contribution < 1.29 is 18.0 Å². The van der Waals surface area contributed by atoms with Gasteiger partial charge in [-0.2, -0.15) is 18.3 Å². The molecule has 1 N–H and O–H groups in total. The number of alkyl halides is 3. The SMILES string of the molecule is Cl.Cn1cc(-c2ccc(C3CC3N(CC3CNC3)C(=O)C(F)(F)F)cc2)cn1. The van der Waals surface area contributed by atoms with Gasteiger partial charge in [-0.15, -0.1) is 12.4 Å². The van der Waals surface area contributed by atoms with Gasteiger partial charge in [0.2, 0.25) is 0 Å². The number of aryl methyl sites for hydroxylation is 1. The number of hydrogen-bond acceptors (Lipinski definition) is 3. The maximum absolute atomic E-state index is 13.0. The van der Waals surface area contributed by atoms with Gasteiger partial charge in [0.1, 0.15) is 0 Å². The molecule has 1 aromatic heterocycles. The molecule has 2 aliphatic rings. The van der Waals surface area contributed by atoms with E-state index in [4.69, 9.17) is 0 Å². The molecule has 0 bridgehead atoms. The number of carbonyl (C=O) groups excluding carboxylic acids is 1. The van der Waals surface area contributed by atoms with E-state index in [0.29, 0.717) is 19.5 Å². The Bertz CT molecular complexity index is 832. The molecule has 1 aliphatic carbocycles. The highest BCUT2D eigenvalue weighted by Gasteiger charge is 2.52. The van der Waals surface area contributed by atoms with Crippen LogP contribution in [-0.4, -0.2) is 52.4 Å². The zero-order valence-electron chi connectivity index (χ0n) is 15.3. The second-order valence-electron chi connectivity index (χ2n) is 7.41. The number of amides is 1. The van der Waals surface area contributed by atoms with Crippen LogP contribution in [-0.2, 0) is 11.8 Å². The summed E-state index contributed by atoms with van der Waals surface area (Å²) in [5, 5.41) is 7.19. The first-order chi connectivity index (χ1) is 12.8. The molecule has 1 saturated carbocycles. The Hall–Kier alpha value is -2.06. The van der Waals surface area contributed by atoms with Crippen molar-refractivity contribution in [1.82, 2.24) is 20.0 Å². The molecule has 2 atom stereocenters. The Kier molecular flexibility index (Phi) is 5.72. The van der Waals surface area contributed by atoms with E-state index in [2.05, 4.69) is 10.4 Å². The molecule has 0 spiro atoms. The molecule has 4 rings (SSSR count). The zero-order valence-corrected chi connectivity index (χ0v) is 16.1. The summed E-state index contributed by atoms with van der Waals surface area (Å²) in [4.78, 5) is 13.0. The maximum Gasteiger partial charge on any atom is 0.471 e. The van der Waals surface area contributed by atoms with Crippen LogP contribution in [0.2, 0.25) is 0 Å². The highest BCUT2D eigenvalue weighted by molar-refractivity contribution is 5.85. The number of halogens is 4. The van der Waals surface area contributed by atoms with Crippen molar-refractivity contribution >= 4 is 18.3 Å². The summed E-state index contributed by atoms with van der Waals surface area (Å²) in [6.45, 7) is 1.50. The van der Waals surface area contributed by atoms with Gasteiger partial charge in [-0.1, -0.05) is 24.3 Å². The molecule has 1 aliphatic heterocycles. The van der Waals surface area contributed by atoms with Crippen LogP contribution in [0.25, 0.3) is 11.1 Å². The van der Waals surface area contributed by atoms with Crippen molar-refractivity contribution in [1.29, 1.82) is 0 Å². The number of benzene rings is 1. The number of nitrogens with one attached hydrogen (secondary N) is 1. The minimum atomic E-state index is -4.82. The molecule has 2 heterocycles. The van der Waals surface area contributed by atoms with Crippen molar-refractivity contribution in [3.05, 3.63) is 42.2 Å². The number of aromatic nitrogens is 2. The third kappa shape index (κ3) is 4.17. The van der Waals surface area contributed by atoms with E-state index in [9.17, 15) is 18.0 Å². The van der Waals surface area contributed by atoms with Crippen molar-refractivity contribution in [2.75, 3.05) is 19.6 Å². The second-order valence-corrected chi connectivity index (χ2v) is 7.41. The van der Waals surface area contributed by atoms with Crippen molar-refractivity contribution in [3.63, 3.8) is 0 Å². The molecule has 2 aromatic rings. The third-order valence-corrected chi connectivity index (χ3v) is 5.36. The summed E-state index contributed by atoms with van der Waals surface area (Å²) >= 11 is 0. The lowest BCUT2D eigenvalue weighted by Crippen LogP contribution is -2.52. The van der Waals surface area contributed by atoms with E-state index in [0.717, 1.165) is 21.6 Å². The molecule has 1 aromatic carbocycles. The van der Waals surface area contributed by atoms with Crippen molar-refractivity contribution in [2.24, 2.45) is 13.0 Å². The van der Waals surface area contributed by atoms with Crippen LogP contribution < -0.4 is 5.32 Å². The van der Waals surface area contributed by atoms with E-state index in [1.54, 1.807) is 10.9 Å². The monoisotopic (exact) mass is 414 g/mol. The Morgan fingerprint density at radius 3 is 2.43 bits per heavy atom. The lowest BCUT2D eigenvalue weighted by molar-refractivity contribution is -0.187. The van der Waals surface area contributed by atoms with E-state index >= 15 is 0 Å². The van der Waals surface area contributed by atoms with E-state index < -0.39 is 12.1 Å². The van der Waals surface area contributed by atoms with Gasteiger partial charge in [0.25, 0.3) is 0 Å². The fraction of sp³-hybridized carbons (Fsp3) is 0.474. The summed E-state index contributed by atoms with van der Waals surface area (Å²) in [6, 6.07) is 7.41. The largest absolute Gasteiger partial charge is 0.471 e. The Balaban J connectivity index is 0.00000225. The van der Waals surface area contributed by atoms with E-state index in [-0.39, 0.29) is 36.8 Å². The molecule has 28 heavy (non-hydrogen) atoms. The molecular formula is C19H22ClF3N4O. The minimum Gasteiger partial charge on any atom is -0.331 e. The number of nitrogens with zero attached hydrogens (tertiary/aromatic N) is 3. The average Bonchev–Trinajstić information content (AvgIpc) is 3.25. The molecule has 152 valence electrons. The molecule has 2 fully saturated rings. The highest BCUT2D eigenvalue weighted by atomic mass is 35.5. The second kappa shape index (κ2) is 7.75. The van der Waals surface area contributed by atoms with Crippen LogP contribution in [0.15, 0.2) is 36.7 Å².